The molecule has 4 aliphatic heterocycles. The monoisotopic (exact) mass is 781 g/mol. The van der Waals surface area contributed by atoms with Crippen LogP contribution in [0.25, 0.3) is 0 Å². The quantitative estimate of drug-likeness (QED) is 0.207. The van der Waals surface area contributed by atoms with Crippen LogP contribution in [0.5, 0.6) is 0 Å². The van der Waals surface area contributed by atoms with E-state index in [-0.39, 0.29) is 48.7 Å². The van der Waals surface area contributed by atoms with Crippen LogP contribution >= 0.6 is 11.8 Å². The summed E-state index contributed by atoms with van der Waals surface area (Å²) in [5.41, 5.74) is 3.00. The fraction of sp³-hybridized carbons (Fsp3) is 0.447. The van der Waals surface area contributed by atoms with Crippen molar-refractivity contribution in [1.29, 1.82) is 0 Å². The van der Waals surface area contributed by atoms with Crippen LogP contribution in [0.4, 0.5) is 17.1 Å². The summed E-state index contributed by atoms with van der Waals surface area (Å²) in [5.74, 6) is -1.93. The molecule has 3 aromatic rings. The highest BCUT2D eigenvalue weighted by Crippen LogP contribution is 2.33. The first kappa shape index (κ1) is 37.2. The van der Waals surface area contributed by atoms with Gasteiger partial charge < -0.3 is 25.8 Å². The molecule has 292 valence electrons. The molecule has 8 rings (SSSR count). The van der Waals surface area contributed by atoms with E-state index in [0.717, 1.165) is 41.7 Å². The van der Waals surface area contributed by atoms with Gasteiger partial charge in [-0.05, 0) is 55.7 Å². The van der Waals surface area contributed by atoms with E-state index in [4.69, 9.17) is 4.99 Å². The minimum absolute atomic E-state index is 0.0412. The van der Waals surface area contributed by atoms with Crippen molar-refractivity contribution >= 4 is 69.4 Å². The van der Waals surface area contributed by atoms with E-state index >= 15 is 0 Å². The summed E-state index contributed by atoms with van der Waals surface area (Å²) < 4.78 is 1.56. The molecule has 2 saturated heterocycles. The number of nitrogens with zero attached hydrogens (tertiary/aromatic N) is 7. The second-order valence-corrected chi connectivity index (χ2v) is 15.5. The minimum atomic E-state index is -1.05. The zero-order valence-electron chi connectivity index (χ0n) is 30.7. The summed E-state index contributed by atoms with van der Waals surface area (Å²) in [5, 5.41) is 21.0. The van der Waals surface area contributed by atoms with Crippen molar-refractivity contribution in [3.63, 3.8) is 0 Å². The molecule has 0 bridgehead atoms. The number of benzene rings is 2. The smallest absolute Gasteiger partial charge is 0.264 e. The molecule has 1 unspecified atom stereocenters. The van der Waals surface area contributed by atoms with E-state index < -0.39 is 29.7 Å². The first-order valence-electron chi connectivity index (χ1n) is 19.1. The van der Waals surface area contributed by atoms with Crippen LogP contribution < -0.4 is 26.2 Å². The lowest BCUT2D eigenvalue weighted by Gasteiger charge is -2.36. The maximum absolute atomic E-state index is 13.4. The third kappa shape index (κ3) is 7.96. The van der Waals surface area contributed by atoms with E-state index in [1.807, 2.05) is 29.2 Å². The number of carbonyl (C=O) groups is 6. The van der Waals surface area contributed by atoms with Crippen molar-refractivity contribution in [3.8, 4) is 0 Å². The van der Waals surface area contributed by atoms with Crippen molar-refractivity contribution in [2.75, 3.05) is 47.5 Å². The summed E-state index contributed by atoms with van der Waals surface area (Å²) in [7, 11) is 0. The number of aromatic nitrogens is 3. The van der Waals surface area contributed by atoms with Gasteiger partial charge in [0.15, 0.2) is 5.17 Å². The number of nitrogens with one attached hydrogen (secondary N) is 4. The number of aryl methyl sites for hydroxylation is 1. The topological polar surface area (TPSA) is 203 Å². The fourth-order valence-electron chi connectivity index (χ4n) is 7.87. The predicted molar refractivity (Wildman–Crippen MR) is 208 cm³/mol. The zero-order valence-corrected chi connectivity index (χ0v) is 31.6. The van der Waals surface area contributed by atoms with Gasteiger partial charge in [0.2, 0.25) is 23.6 Å². The maximum Gasteiger partial charge on any atom is 0.264 e. The molecule has 1 aliphatic carbocycles. The number of aliphatic imine (C=N–C) groups is 1. The molecule has 1 aromatic heterocycles. The average Bonchev–Trinajstić information content (AvgIpc) is 3.92. The van der Waals surface area contributed by atoms with Gasteiger partial charge in [-0.2, -0.15) is 0 Å². The van der Waals surface area contributed by atoms with Crippen LogP contribution in [0, 0.1) is 0 Å². The molecule has 18 heteroatoms. The first-order valence-corrected chi connectivity index (χ1v) is 20.1. The van der Waals surface area contributed by atoms with Crippen molar-refractivity contribution in [1.82, 2.24) is 35.4 Å². The highest BCUT2D eigenvalue weighted by atomic mass is 32.2. The third-order valence-corrected chi connectivity index (χ3v) is 11.8. The molecule has 2 aromatic carbocycles. The lowest BCUT2D eigenvalue weighted by Crippen LogP contribution is -2.54. The molecule has 3 atom stereocenters. The normalized spacial score (nSPS) is 22.0. The number of fused-ring (bicyclic) bond motifs is 2. The number of hydrogen-bond donors (Lipinski definition) is 4. The molecule has 1 saturated carbocycles. The second-order valence-electron chi connectivity index (χ2n) is 14.5. The van der Waals surface area contributed by atoms with Crippen molar-refractivity contribution in [3.05, 3.63) is 65.5 Å². The molecule has 56 heavy (non-hydrogen) atoms. The van der Waals surface area contributed by atoms with Gasteiger partial charge >= 0.3 is 0 Å². The Hall–Kier alpha value is -5.78. The van der Waals surface area contributed by atoms with Crippen LogP contribution in [0.3, 0.4) is 0 Å². The molecule has 0 spiro atoms. The Kier molecular flexibility index (Phi) is 10.7. The lowest BCUT2D eigenvalue weighted by atomic mass is 9.92. The van der Waals surface area contributed by atoms with Gasteiger partial charge in [-0.15, -0.1) is 5.10 Å². The van der Waals surface area contributed by atoms with E-state index in [2.05, 4.69) is 36.5 Å². The van der Waals surface area contributed by atoms with E-state index in [9.17, 15) is 28.8 Å². The van der Waals surface area contributed by atoms with Crippen molar-refractivity contribution in [2.45, 2.75) is 76.2 Å². The number of amidine groups is 1. The van der Waals surface area contributed by atoms with E-state index in [1.54, 1.807) is 23.0 Å². The van der Waals surface area contributed by atoms with Gasteiger partial charge in [0.25, 0.3) is 11.8 Å². The van der Waals surface area contributed by atoms with Crippen LogP contribution in [0.2, 0.25) is 0 Å². The summed E-state index contributed by atoms with van der Waals surface area (Å²) in [4.78, 5) is 86.1. The van der Waals surface area contributed by atoms with Gasteiger partial charge in [0, 0.05) is 56.1 Å². The minimum Gasteiger partial charge on any atom is -0.379 e. The molecule has 0 radical (unpaired) electrons. The Labute approximate surface area is 327 Å². The molecule has 6 amide bonds. The molecular formula is C38H43N11O6S. The Balaban J connectivity index is 0.762. The van der Waals surface area contributed by atoms with E-state index in [0.29, 0.717) is 54.5 Å². The summed E-state index contributed by atoms with van der Waals surface area (Å²) in [6.07, 6.45) is 6.73. The van der Waals surface area contributed by atoms with Gasteiger partial charge in [-0.3, -0.25) is 48.7 Å². The SMILES string of the molecule is O=C1CCC(N2C(=O)c3cccc(NCc4cn(CCC(=O)Nc5ccc(N6CCN(C(=O)CSC7=N[C@@H]8CCCC[C@H]8N7)CC6)cc5)nn4)c3C2=O)C(=O)N1. The Morgan fingerprint density at radius 2 is 1.73 bits per heavy atom. The standard InChI is InChI=1S/C38H43N11O6S/c50-31-13-12-30(35(53)43-31)49-36(54)26-4-3-7-29(34(26)37(49)55)39-20-24-21-48(45-44-24)15-14-32(51)40-23-8-10-25(11-9-23)46-16-18-47(19-17-46)33(52)22-56-38-41-27-5-1-2-6-28(27)42-38/h3-4,7-11,21,27-28,30,39H,1-2,5-6,12-20,22H2,(H,40,51)(H,41,42)(H,43,50,53)/t27-,28-,30?/m1/s1. The second kappa shape index (κ2) is 16.1. The van der Waals surface area contributed by atoms with Crippen LogP contribution in [0.15, 0.2) is 53.7 Å². The summed E-state index contributed by atoms with van der Waals surface area (Å²) in [6, 6.07) is 12.3. The summed E-state index contributed by atoms with van der Waals surface area (Å²) >= 11 is 1.52. The van der Waals surface area contributed by atoms with Crippen LogP contribution in [-0.2, 0) is 32.3 Å². The number of anilines is 3. The number of hydrogen-bond acceptors (Lipinski definition) is 13. The molecule has 5 aliphatic rings. The Morgan fingerprint density at radius 1 is 0.929 bits per heavy atom. The Bertz CT molecular complexity index is 2080. The summed E-state index contributed by atoms with van der Waals surface area (Å²) in [6.45, 7) is 3.25. The van der Waals surface area contributed by atoms with Crippen LogP contribution in [-0.4, -0.2) is 115 Å². The average molecular weight is 782 g/mol. The number of imide groups is 2. The van der Waals surface area contributed by atoms with E-state index in [1.165, 1.54) is 30.7 Å². The number of thioether (sulfide) groups is 1. The Morgan fingerprint density at radius 3 is 2.52 bits per heavy atom. The van der Waals surface area contributed by atoms with Gasteiger partial charge in [0.05, 0.1) is 48.2 Å². The molecule has 5 heterocycles. The highest BCUT2D eigenvalue weighted by Gasteiger charge is 2.45. The molecule has 17 nitrogen and oxygen atoms in total. The number of amides is 6. The maximum atomic E-state index is 13.4. The van der Waals surface area contributed by atoms with Crippen molar-refractivity contribution in [2.24, 2.45) is 4.99 Å². The third-order valence-electron chi connectivity index (χ3n) is 10.9. The van der Waals surface area contributed by atoms with Gasteiger partial charge in [-0.25, -0.2) is 0 Å². The predicted octanol–water partition coefficient (Wildman–Crippen LogP) is 1.97. The molecular weight excluding hydrogens is 739 g/mol. The first-order chi connectivity index (χ1) is 27.2. The number of carbonyl (C=O) groups excluding carboxylic acids is 6. The van der Waals surface area contributed by atoms with Gasteiger partial charge in [0.1, 0.15) is 11.7 Å². The highest BCUT2D eigenvalue weighted by molar-refractivity contribution is 8.14. The van der Waals surface area contributed by atoms with Gasteiger partial charge in [-0.1, -0.05) is 35.9 Å². The number of rotatable bonds is 11. The number of piperazine rings is 1. The van der Waals surface area contributed by atoms with Crippen molar-refractivity contribution < 1.29 is 28.8 Å². The molecule has 4 N–H and O–H groups in total. The largest absolute Gasteiger partial charge is 0.379 e. The fourth-order valence-corrected chi connectivity index (χ4v) is 8.75. The number of piperidine rings is 1. The lowest BCUT2D eigenvalue weighted by molar-refractivity contribution is -0.136. The zero-order chi connectivity index (χ0) is 38.8. The van der Waals surface area contributed by atoms with Crippen LogP contribution in [0.1, 0.15) is 71.4 Å². The molecule has 3 fully saturated rings.